The van der Waals surface area contributed by atoms with Gasteiger partial charge < -0.3 is 15.0 Å². The maximum absolute atomic E-state index is 13.8. The third-order valence-electron chi connectivity index (χ3n) is 6.38. The lowest BCUT2D eigenvalue weighted by molar-refractivity contribution is -0.137. The third-order valence-corrected chi connectivity index (χ3v) is 6.38. The van der Waals surface area contributed by atoms with Crippen LogP contribution < -0.4 is 15.6 Å². The molecule has 4 rings (SSSR count). The van der Waals surface area contributed by atoms with Crippen molar-refractivity contribution in [2.24, 2.45) is 0 Å². The zero-order valence-corrected chi connectivity index (χ0v) is 22.0. The Morgan fingerprint density at radius 2 is 1.85 bits per heavy atom. The van der Waals surface area contributed by atoms with E-state index in [2.05, 4.69) is 5.32 Å². The number of hydrogen-bond donors (Lipinski definition) is 1. The van der Waals surface area contributed by atoms with Crippen LogP contribution in [0.5, 0.6) is 5.75 Å². The third kappa shape index (κ3) is 5.74. The second-order valence-electron chi connectivity index (χ2n) is 9.18. The van der Waals surface area contributed by atoms with E-state index in [1.165, 1.54) is 28.7 Å². The minimum absolute atomic E-state index is 0.00680. The minimum atomic E-state index is -4.55. The predicted molar refractivity (Wildman–Crippen MR) is 145 cm³/mol. The molecular weight excluding hydrogens is 509 g/mol. The molecule has 0 fully saturated rings. The molecule has 1 aromatic heterocycles. The molecule has 0 aliphatic carbocycles. The summed E-state index contributed by atoms with van der Waals surface area (Å²) in [5.74, 6) is 0.735. The molecule has 0 saturated heterocycles. The molecule has 0 aliphatic rings. The fourth-order valence-corrected chi connectivity index (χ4v) is 4.46. The summed E-state index contributed by atoms with van der Waals surface area (Å²) >= 11 is 0. The number of urea groups is 1. The Morgan fingerprint density at radius 3 is 2.54 bits per heavy atom. The van der Waals surface area contributed by atoms with Crippen molar-refractivity contribution in [3.63, 3.8) is 0 Å². The van der Waals surface area contributed by atoms with Crippen LogP contribution in [0.15, 0.2) is 71.5 Å². The molecule has 4 aromatic rings. The highest BCUT2D eigenvalue weighted by Gasteiger charge is 2.31. The van der Waals surface area contributed by atoms with Gasteiger partial charge >= 0.3 is 12.2 Å². The molecule has 0 spiro atoms. The van der Waals surface area contributed by atoms with Crippen molar-refractivity contribution in [3.8, 4) is 11.4 Å². The van der Waals surface area contributed by atoms with Gasteiger partial charge in [0, 0.05) is 12.2 Å². The molecule has 1 N–H and O–H groups in total. The Morgan fingerprint density at radius 1 is 1.10 bits per heavy atom. The Hall–Kier alpha value is -4.34. The van der Waals surface area contributed by atoms with Gasteiger partial charge in [0.25, 0.3) is 5.56 Å². The molecule has 0 radical (unpaired) electrons. The highest BCUT2D eigenvalue weighted by atomic mass is 19.4. The molecule has 1 atom stereocenters. The topological polar surface area (TPSA) is 76.5 Å². The van der Waals surface area contributed by atoms with Gasteiger partial charge in [0.05, 0.1) is 35.3 Å². The fraction of sp³-hybridized carbons (Fsp3) is 0.276. The summed E-state index contributed by atoms with van der Waals surface area (Å²) < 4.78 is 46.7. The summed E-state index contributed by atoms with van der Waals surface area (Å²) in [7, 11) is 1.50. The summed E-state index contributed by atoms with van der Waals surface area (Å²) in [5.41, 5.74) is 0.622. The van der Waals surface area contributed by atoms with Gasteiger partial charge in [-0.2, -0.15) is 13.2 Å². The molecular formula is C29H29F3N4O3. The summed E-state index contributed by atoms with van der Waals surface area (Å²) in [6, 6.07) is 15.4. The largest absolute Gasteiger partial charge is 0.495 e. The van der Waals surface area contributed by atoms with E-state index in [4.69, 9.17) is 9.72 Å². The van der Waals surface area contributed by atoms with Crippen LogP contribution in [0.4, 0.5) is 23.7 Å². The number of alkyl halides is 3. The first-order valence-electron chi connectivity index (χ1n) is 12.5. The van der Waals surface area contributed by atoms with Crippen molar-refractivity contribution in [2.45, 2.75) is 39.4 Å². The highest BCUT2D eigenvalue weighted by Crippen LogP contribution is 2.32. The number of nitrogens with one attached hydrogen (secondary N) is 1. The number of anilines is 1. The lowest BCUT2D eigenvalue weighted by atomic mass is 10.1. The second kappa shape index (κ2) is 11.2. The number of methoxy groups -OCH3 is 1. The fourth-order valence-electron chi connectivity index (χ4n) is 4.46. The van der Waals surface area contributed by atoms with E-state index < -0.39 is 23.8 Å². The SMILES string of the molecule is CCCN(C(=O)Nc1cccc(C(F)(F)F)c1)C(C)c1nc2ccccc2c(=O)n1-c1cc(C)ccc1OC. The summed E-state index contributed by atoms with van der Waals surface area (Å²) in [5, 5.41) is 2.98. The zero-order chi connectivity index (χ0) is 28.3. The molecule has 2 amide bonds. The van der Waals surface area contributed by atoms with Crippen molar-refractivity contribution in [3.05, 3.63) is 94.0 Å². The Labute approximate surface area is 223 Å². The number of aromatic nitrogens is 2. The van der Waals surface area contributed by atoms with Crippen molar-refractivity contribution < 1.29 is 22.7 Å². The number of para-hydroxylation sites is 1. The molecule has 0 aliphatic heterocycles. The molecule has 3 aromatic carbocycles. The predicted octanol–water partition coefficient (Wildman–Crippen LogP) is 6.73. The van der Waals surface area contributed by atoms with Gasteiger partial charge in [-0.25, -0.2) is 9.78 Å². The van der Waals surface area contributed by atoms with Crippen LogP contribution in [0, 0.1) is 6.92 Å². The van der Waals surface area contributed by atoms with Crippen LogP contribution >= 0.6 is 0 Å². The van der Waals surface area contributed by atoms with Crippen LogP contribution in [-0.4, -0.2) is 34.1 Å². The van der Waals surface area contributed by atoms with Gasteiger partial charge in [0.1, 0.15) is 11.6 Å². The number of nitrogens with zero attached hydrogens (tertiary/aromatic N) is 3. The normalized spacial score (nSPS) is 12.3. The molecule has 7 nitrogen and oxygen atoms in total. The maximum Gasteiger partial charge on any atom is 0.416 e. The quantitative estimate of drug-likeness (QED) is 0.283. The molecule has 1 heterocycles. The first-order valence-corrected chi connectivity index (χ1v) is 12.5. The number of halogens is 3. The smallest absolute Gasteiger partial charge is 0.416 e. The van der Waals surface area contributed by atoms with E-state index in [-0.39, 0.29) is 23.6 Å². The Bertz CT molecular complexity index is 1570. The standard InChI is InChI=1S/C29H29F3N4O3/c1-5-15-35(28(38)33-21-10-8-9-20(17-21)29(30,31)32)19(3)26-34-23-12-7-6-11-22(23)27(37)36(26)24-16-18(2)13-14-25(24)39-4/h6-14,16-17,19H,5,15H2,1-4H3,(H,33,38). The lowest BCUT2D eigenvalue weighted by Crippen LogP contribution is -2.40. The maximum atomic E-state index is 13.8. The molecule has 204 valence electrons. The molecule has 1 unspecified atom stereocenters. The van der Waals surface area contributed by atoms with Gasteiger partial charge in [-0.15, -0.1) is 0 Å². The van der Waals surface area contributed by atoms with Crippen molar-refractivity contribution in [2.75, 3.05) is 19.0 Å². The van der Waals surface area contributed by atoms with Crippen LogP contribution in [-0.2, 0) is 6.18 Å². The van der Waals surface area contributed by atoms with Crippen LogP contribution in [0.25, 0.3) is 16.6 Å². The van der Waals surface area contributed by atoms with E-state index in [0.717, 1.165) is 17.7 Å². The number of ether oxygens (including phenoxy) is 1. The number of hydrogen-bond acceptors (Lipinski definition) is 4. The van der Waals surface area contributed by atoms with E-state index in [1.54, 1.807) is 43.3 Å². The number of aryl methyl sites for hydroxylation is 1. The molecule has 39 heavy (non-hydrogen) atoms. The average Bonchev–Trinajstić information content (AvgIpc) is 2.91. The van der Waals surface area contributed by atoms with E-state index >= 15 is 0 Å². The van der Waals surface area contributed by atoms with Gasteiger partial charge in [-0.05, 0) is 68.3 Å². The van der Waals surface area contributed by atoms with Crippen molar-refractivity contribution in [1.29, 1.82) is 0 Å². The minimum Gasteiger partial charge on any atom is -0.495 e. The summed E-state index contributed by atoms with van der Waals surface area (Å²) in [6.45, 7) is 5.76. The molecule has 0 bridgehead atoms. The van der Waals surface area contributed by atoms with Crippen LogP contribution in [0.2, 0.25) is 0 Å². The number of amides is 2. The van der Waals surface area contributed by atoms with E-state index in [9.17, 15) is 22.8 Å². The first kappa shape index (κ1) is 27.7. The van der Waals surface area contributed by atoms with Crippen molar-refractivity contribution >= 4 is 22.6 Å². The van der Waals surface area contributed by atoms with Crippen LogP contribution in [0.1, 0.15) is 43.3 Å². The number of fused-ring (bicyclic) bond motifs is 1. The number of rotatable bonds is 7. The lowest BCUT2D eigenvalue weighted by Gasteiger charge is -2.30. The first-order chi connectivity index (χ1) is 18.5. The van der Waals surface area contributed by atoms with Crippen molar-refractivity contribution in [1.82, 2.24) is 14.5 Å². The Balaban J connectivity index is 1.84. The second-order valence-corrected chi connectivity index (χ2v) is 9.18. The van der Waals surface area contributed by atoms with Gasteiger partial charge in [-0.3, -0.25) is 9.36 Å². The summed E-state index contributed by atoms with van der Waals surface area (Å²) in [6.07, 6.45) is -3.99. The Kier molecular flexibility index (Phi) is 7.94. The number of benzene rings is 3. The van der Waals surface area contributed by atoms with Gasteiger partial charge in [-0.1, -0.05) is 31.2 Å². The number of carbonyl (C=O) groups excluding carboxylic acids is 1. The monoisotopic (exact) mass is 538 g/mol. The highest BCUT2D eigenvalue weighted by molar-refractivity contribution is 5.89. The number of carbonyl (C=O) groups is 1. The van der Waals surface area contributed by atoms with Gasteiger partial charge in [0.15, 0.2) is 0 Å². The zero-order valence-electron chi connectivity index (χ0n) is 22.0. The summed E-state index contributed by atoms with van der Waals surface area (Å²) in [4.78, 5) is 33.5. The molecule has 10 heteroatoms. The van der Waals surface area contributed by atoms with E-state index in [0.29, 0.717) is 28.8 Å². The molecule has 0 saturated carbocycles. The van der Waals surface area contributed by atoms with E-state index in [1.807, 2.05) is 19.9 Å². The average molecular weight is 539 g/mol. The van der Waals surface area contributed by atoms with Gasteiger partial charge in [0.2, 0.25) is 0 Å². The van der Waals surface area contributed by atoms with Crippen LogP contribution in [0.3, 0.4) is 0 Å².